The number of carbonyl (C=O) groups is 1. The minimum atomic E-state index is -0.788. The van der Waals surface area contributed by atoms with Gasteiger partial charge in [-0.15, -0.1) is 0 Å². The molecule has 3 N–H and O–H groups in total. The number of para-hydroxylation sites is 2. The molecule has 0 radical (unpaired) electrons. The molecule has 2 aromatic carbocycles. The summed E-state index contributed by atoms with van der Waals surface area (Å²) in [5.74, 6) is -0.475. The number of nitrogens with two attached hydrogens (primary N) is 1. The molecule has 5 nitrogen and oxygen atoms in total. The zero-order chi connectivity index (χ0) is 18.0. The highest BCUT2D eigenvalue weighted by Gasteiger charge is 2.15. The lowest BCUT2D eigenvalue weighted by atomic mass is 10.1. The number of carbonyl (C=O) groups excluding carboxylic acids is 1. The van der Waals surface area contributed by atoms with Crippen LogP contribution in [0.2, 0.25) is 0 Å². The molecule has 7 heteroatoms. The number of primary amides is 1. The highest BCUT2D eigenvalue weighted by molar-refractivity contribution is 9.10. The van der Waals surface area contributed by atoms with E-state index in [9.17, 15) is 9.18 Å². The zero-order valence-electron chi connectivity index (χ0n) is 13.7. The summed E-state index contributed by atoms with van der Waals surface area (Å²) in [4.78, 5) is 16.0. The van der Waals surface area contributed by atoms with E-state index in [1.54, 1.807) is 6.07 Å². The quantitative estimate of drug-likeness (QED) is 0.612. The number of benzene rings is 2. The highest BCUT2D eigenvalue weighted by Crippen LogP contribution is 2.24. The number of nitrogens with zero attached hydrogens (tertiary/aromatic N) is 2. The predicted octanol–water partition coefficient (Wildman–Crippen LogP) is 3.85. The van der Waals surface area contributed by atoms with Crippen molar-refractivity contribution in [2.45, 2.75) is 19.9 Å². The molecule has 25 heavy (non-hydrogen) atoms. The average Bonchev–Trinajstić information content (AvgIpc) is 2.86. The number of halogens is 2. The first-order valence-electron chi connectivity index (χ1n) is 7.92. The van der Waals surface area contributed by atoms with Gasteiger partial charge in [0.2, 0.25) is 0 Å². The molecule has 0 fully saturated rings. The van der Waals surface area contributed by atoms with Crippen molar-refractivity contribution in [1.29, 1.82) is 0 Å². The molecule has 130 valence electrons. The molecule has 0 aliphatic carbocycles. The van der Waals surface area contributed by atoms with Crippen LogP contribution in [0.15, 0.2) is 40.9 Å². The molecule has 0 saturated heterocycles. The Morgan fingerprint density at radius 3 is 2.88 bits per heavy atom. The zero-order valence-corrected chi connectivity index (χ0v) is 15.3. The van der Waals surface area contributed by atoms with Gasteiger partial charge in [-0.2, -0.15) is 0 Å². The monoisotopic (exact) mass is 404 g/mol. The lowest BCUT2D eigenvalue weighted by molar-refractivity contribution is 0.0997. The maximum atomic E-state index is 13.9. The summed E-state index contributed by atoms with van der Waals surface area (Å²) in [5, 5.41) is 3.10. The first kappa shape index (κ1) is 17.4. The molecule has 3 rings (SSSR count). The van der Waals surface area contributed by atoms with Gasteiger partial charge < -0.3 is 15.6 Å². The summed E-state index contributed by atoms with van der Waals surface area (Å²) in [5.41, 5.74) is 7.62. The summed E-state index contributed by atoms with van der Waals surface area (Å²) in [6.45, 7) is 3.31. The Hall–Kier alpha value is -2.41. The van der Waals surface area contributed by atoms with Crippen molar-refractivity contribution in [2.24, 2.45) is 5.73 Å². The van der Waals surface area contributed by atoms with Crippen molar-refractivity contribution >= 4 is 38.6 Å². The van der Waals surface area contributed by atoms with Gasteiger partial charge in [0.25, 0.3) is 5.91 Å². The number of nitrogens with one attached hydrogen (secondary N) is 1. The number of amides is 1. The Balaban J connectivity index is 1.70. The highest BCUT2D eigenvalue weighted by atomic mass is 79.9. The van der Waals surface area contributed by atoms with E-state index < -0.39 is 11.7 Å². The van der Waals surface area contributed by atoms with Crippen LogP contribution in [-0.2, 0) is 6.54 Å². The maximum Gasteiger partial charge on any atom is 0.253 e. The van der Waals surface area contributed by atoms with Crippen LogP contribution in [-0.4, -0.2) is 22.0 Å². The minimum Gasteiger partial charge on any atom is -0.384 e. The lowest BCUT2D eigenvalue weighted by Crippen LogP contribution is -2.17. The van der Waals surface area contributed by atoms with E-state index in [-0.39, 0.29) is 5.56 Å². The Bertz CT molecular complexity index is 938. The van der Waals surface area contributed by atoms with Crippen molar-refractivity contribution in [3.05, 3.63) is 58.1 Å². The third-order valence-electron chi connectivity index (χ3n) is 4.02. The number of rotatable bonds is 6. The van der Waals surface area contributed by atoms with Gasteiger partial charge in [0.1, 0.15) is 11.6 Å². The average molecular weight is 405 g/mol. The Kier molecular flexibility index (Phi) is 5.03. The van der Waals surface area contributed by atoms with E-state index in [1.165, 1.54) is 6.07 Å². The molecule has 0 bridgehead atoms. The maximum absolute atomic E-state index is 13.9. The summed E-state index contributed by atoms with van der Waals surface area (Å²) in [6, 6.07) is 10.9. The number of fused-ring (bicyclic) bond motifs is 1. The Morgan fingerprint density at radius 1 is 1.36 bits per heavy atom. The fourth-order valence-electron chi connectivity index (χ4n) is 2.90. The van der Waals surface area contributed by atoms with Gasteiger partial charge >= 0.3 is 0 Å². The molecule has 1 heterocycles. The van der Waals surface area contributed by atoms with Crippen molar-refractivity contribution < 1.29 is 9.18 Å². The molecular weight excluding hydrogens is 387 g/mol. The second kappa shape index (κ2) is 7.23. The van der Waals surface area contributed by atoms with Gasteiger partial charge in [-0.1, -0.05) is 28.1 Å². The van der Waals surface area contributed by atoms with Crippen LogP contribution in [0.1, 0.15) is 22.6 Å². The first-order chi connectivity index (χ1) is 12.0. The topological polar surface area (TPSA) is 72.9 Å². The van der Waals surface area contributed by atoms with E-state index in [4.69, 9.17) is 5.73 Å². The summed E-state index contributed by atoms with van der Waals surface area (Å²) < 4.78 is 16.6. The Morgan fingerprint density at radius 2 is 2.12 bits per heavy atom. The number of aryl methyl sites for hydroxylation is 2. The summed E-state index contributed by atoms with van der Waals surface area (Å²) >= 11 is 3.23. The lowest BCUT2D eigenvalue weighted by Gasteiger charge is -2.12. The third-order valence-corrected chi connectivity index (χ3v) is 4.48. The van der Waals surface area contributed by atoms with Gasteiger partial charge in [0.15, 0.2) is 0 Å². The number of imidazole rings is 1. The van der Waals surface area contributed by atoms with Crippen molar-refractivity contribution in [2.75, 3.05) is 11.9 Å². The summed E-state index contributed by atoms with van der Waals surface area (Å²) in [7, 11) is 0. The van der Waals surface area contributed by atoms with E-state index in [0.717, 1.165) is 29.8 Å². The van der Waals surface area contributed by atoms with Crippen LogP contribution in [0.4, 0.5) is 10.1 Å². The van der Waals surface area contributed by atoms with E-state index >= 15 is 0 Å². The third kappa shape index (κ3) is 3.66. The van der Waals surface area contributed by atoms with Crippen LogP contribution in [0.25, 0.3) is 11.0 Å². The Labute approximate surface area is 153 Å². The smallest absolute Gasteiger partial charge is 0.253 e. The van der Waals surface area contributed by atoms with Crippen molar-refractivity contribution in [3.63, 3.8) is 0 Å². The first-order valence-corrected chi connectivity index (χ1v) is 8.71. The van der Waals surface area contributed by atoms with Crippen LogP contribution >= 0.6 is 15.9 Å². The standard InChI is InChI=1S/C18H18BrFN4O/c1-11-23-14-5-2-3-6-16(14)24(11)8-4-7-22-15-10-12(19)9-13(20)17(15)18(21)25/h2-3,5-6,9-10,22H,4,7-8H2,1H3,(H2,21,25). The molecule has 0 saturated carbocycles. The predicted molar refractivity (Wildman–Crippen MR) is 100 cm³/mol. The molecule has 0 atom stereocenters. The number of anilines is 1. The van der Waals surface area contributed by atoms with Gasteiger partial charge in [-0.05, 0) is 37.6 Å². The summed E-state index contributed by atoms with van der Waals surface area (Å²) in [6.07, 6.45) is 0.785. The van der Waals surface area contributed by atoms with Crippen molar-refractivity contribution in [1.82, 2.24) is 9.55 Å². The number of hydrogen-bond donors (Lipinski definition) is 2. The SMILES string of the molecule is Cc1nc2ccccc2n1CCCNc1cc(Br)cc(F)c1C(N)=O. The van der Waals surface area contributed by atoms with E-state index in [2.05, 4.69) is 30.8 Å². The van der Waals surface area contributed by atoms with Gasteiger partial charge in [-0.25, -0.2) is 9.37 Å². The number of aromatic nitrogens is 2. The molecule has 0 spiro atoms. The van der Waals surface area contributed by atoms with Crippen LogP contribution in [0, 0.1) is 12.7 Å². The molecule has 3 aromatic rings. The largest absolute Gasteiger partial charge is 0.384 e. The van der Waals surface area contributed by atoms with Gasteiger partial charge in [0, 0.05) is 17.6 Å². The van der Waals surface area contributed by atoms with Crippen LogP contribution in [0.5, 0.6) is 0 Å². The molecule has 0 aliphatic heterocycles. The van der Waals surface area contributed by atoms with Crippen molar-refractivity contribution in [3.8, 4) is 0 Å². The molecule has 1 aromatic heterocycles. The molecule has 0 unspecified atom stereocenters. The fourth-order valence-corrected chi connectivity index (χ4v) is 3.33. The normalized spacial score (nSPS) is 11.0. The fraction of sp³-hybridized carbons (Fsp3) is 0.222. The second-order valence-electron chi connectivity index (χ2n) is 5.75. The van der Waals surface area contributed by atoms with Gasteiger partial charge in [0.05, 0.1) is 22.3 Å². The molecule has 0 aliphatic rings. The molecular formula is C18H18BrFN4O. The molecule has 1 amide bonds. The van der Waals surface area contributed by atoms with E-state index in [0.29, 0.717) is 16.7 Å². The van der Waals surface area contributed by atoms with Crippen LogP contribution in [0.3, 0.4) is 0 Å². The minimum absolute atomic E-state index is 0.118. The van der Waals surface area contributed by atoms with Gasteiger partial charge in [-0.3, -0.25) is 4.79 Å². The second-order valence-corrected chi connectivity index (χ2v) is 6.67. The van der Waals surface area contributed by atoms with Crippen LogP contribution < -0.4 is 11.1 Å². The number of hydrogen-bond acceptors (Lipinski definition) is 3. The van der Waals surface area contributed by atoms with E-state index in [1.807, 2.05) is 31.2 Å².